The fraction of sp³-hybridized carbons (Fsp3) is 0.950. The Kier molecular flexibility index (Phi) is 11.0. The van der Waals surface area contributed by atoms with Gasteiger partial charge in [-0.15, -0.1) is 0 Å². The normalized spacial score (nSPS) is 40.0. The first kappa shape index (κ1) is 41.0. The van der Waals surface area contributed by atoms with Crippen molar-refractivity contribution in [3.05, 3.63) is 0 Å². The summed E-state index contributed by atoms with van der Waals surface area (Å²) in [6.07, 6.45) is 12.3. The predicted octanol–water partition coefficient (Wildman–Crippen LogP) is 9.67. The molecule has 0 aliphatic heterocycles. The van der Waals surface area contributed by atoms with Crippen molar-refractivity contribution >= 4 is 11.9 Å². The van der Waals surface area contributed by atoms with Gasteiger partial charge in [0.15, 0.2) is 0 Å². The quantitative estimate of drug-likeness (QED) is 0.241. The number of aliphatic hydroxyl groups is 2. The molecular weight excluding hydrogens is 576 g/mol. The second kappa shape index (κ2) is 12.3. The van der Waals surface area contributed by atoms with Gasteiger partial charge in [-0.2, -0.15) is 0 Å². The van der Waals surface area contributed by atoms with Crippen molar-refractivity contribution < 1.29 is 29.3 Å². The molecule has 0 saturated heterocycles. The van der Waals surface area contributed by atoms with E-state index in [1.807, 2.05) is 41.5 Å². The lowest BCUT2D eigenvalue weighted by Gasteiger charge is -2.66. The maximum absolute atomic E-state index is 14.1. The Morgan fingerprint density at radius 2 is 1.00 bits per heavy atom. The number of carbonyl (C=O) groups excluding carboxylic acids is 2. The van der Waals surface area contributed by atoms with Crippen molar-refractivity contribution in [1.29, 1.82) is 0 Å². The van der Waals surface area contributed by atoms with Gasteiger partial charge in [0.2, 0.25) is 0 Å². The Hall–Kier alpha value is -1.14. The highest BCUT2D eigenvalue weighted by Crippen LogP contribution is 2.67. The van der Waals surface area contributed by atoms with E-state index in [1.54, 1.807) is 0 Å². The Morgan fingerprint density at radius 3 is 1.41 bits per heavy atom. The van der Waals surface area contributed by atoms with Gasteiger partial charge in [-0.25, -0.2) is 0 Å². The third kappa shape index (κ3) is 6.46. The van der Waals surface area contributed by atoms with Crippen LogP contribution in [0.1, 0.15) is 175 Å². The van der Waals surface area contributed by atoms with Gasteiger partial charge in [-0.3, -0.25) is 9.59 Å². The van der Waals surface area contributed by atoms with Gasteiger partial charge in [-0.05, 0) is 156 Å². The number of hydrogen-bond donors (Lipinski definition) is 2. The molecule has 3 atom stereocenters. The summed E-state index contributed by atoms with van der Waals surface area (Å²) >= 11 is 0. The van der Waals surface area contributed by atoms with Gasteiger partial charge in [0.05, 0.1) is 22.0 Å². The zero-order valence-electron chi connectivity index (χ0n) is 27.7. The van der Waals surface area contributed by atoms with Gasteiger partial charge in [-0.1, -0.05) is 36.6 Å². The minimum absolute atomic E-state index is 0. The highest BCUT2D eigenvalue weighted by atomic mass is 16.6. The molecule has 8 saturated carbocycles. The molecule has 0 aromatic heterocycles. The monoisotopic (exact) mass is 651 g/mol. The van der Waals surface area contributed by atoms with E-state index < -0.39 is 38.6 Å². The zero-order valence-corrected chi connectivity index (χ0v) is 27.7. The van der Waals surface area contributed by atoms with Crippen molar-refractivity contribution in [2.24, 2.45) is 45.3 Å². The van der Waals surface area contributed by atoms with Crippen LogP contribution in [0.2, 0.25) is 0 Å². The highest BCUT2D eigenvalue weighted by molar-refractivity contribution is 5.81. The molecule has 270 valence electrons. The molecular formula is C40H74O6. The van der Waals surface area contributed by atoms with Crippen LogP contribution in [0.4, 0.5) is 0 Å². The van der Waals surface area contributed by atoms with Crippen LogP contribution >= 0.6 is 0 Å². The second-order valence-electron chi connectivity index (χ2n) is 18.7. The lowest BCUT2D eigenvalue weighted by molar-refractivity contribution is -0.274. The van der Waals surface area contributed by atoms with E-state index in [1.165, 1.54) is 38.5 Å². The molecule has 0 radical (unpaired) electrons. The SMILES string of the molecule is C.C.C.C.CCC(C)(CC(C)(C)C(=O)OC(C)(C)C12CC3CC(O)(CC(O)(C3)C1)C2)C(=O)OC(C)(C)C12CC3CC(CC(C3)C1)C2. The fourth-order valence-electron chi connectivity index (χ4n) is 12.2. The number of hydrogen-bond acceptors (Lipinski definition) is 6. The van der Waals surface area contributed by atoms with E-state index in [2.05, 4.69) is 13.8 Å². The van der Waals surface area contributed by atoms with Crippen LogP contribution in [0.5, 0.6) is 0 Å². The van der Waals surface area contributed by atoms with Crippen molar-refractivity contribution in [3.8, 4) is 0 Å². The van der Waals surface area contributed by atoms with Gasteiger partial charge in [0, 0.05) is 17.3 Å². The van der Waals surface area contributed by atoms with E-state index in [0.717, 1.165) is 37.0 Å². The van der Waals surface area contributed by atoms with E-state index in [-0.39, 0.29) is 53.0 Å². The molecule has 2 N–H and O–H groups in total. The summed E-state index contributed by atoms with van der Waals surface area (Å²) in [5.41, 5.74) is -5.30. The first-order chi connectivity index (χ1) is 19.2. The van der Waals surface area contributed by atoms with Crippen molar-refractivity contribution in [2.45, 2.75) is 197 Å². The molecule has 3 unspecified atom stereocenters. The molecule has 8 bridgehead atoms. The summed E-state index contributed by atoms with van der Waals surface area (Å²) in [6.45, 7) is 15.9. The summed E-state index contributed by atoms with van der Waals surface area (Å²) in [4.78, 5) is 28.0. The number of ether oxygens (including phenoxy) is 2. The van der Waals surface area contributed by atoms with Crippen LogP contribution in [-0.4, -0.2) is 44.6 Å². The minimum atomic E-state index is -0.915. The molecule has 8 aliphatic carbocycles. The van der Waals surface area contributed by atoms with Gasteiger partial charge in [0.1, 0.15) is 11.2 Å². The Balaban J connectivity index is 0.00000184. The first-order valence-electron chi connectivity index (χ1n) is 17.1. The van der Waals surface area contributed by atoms with E-state index >= 15 is 0 Å². The maximum atomic E-state index is 14.1. The van der Waals surface area contributed by atoms with Crippen LogP contribution < -0.4 is 0 Å². The minimum Gasteiger partial charge on any atom is -0.459 e. The summed E-state index contributed by atoms with van der Waals surface area (Å²) in [7, 11) is 0. The molecule has 0 amide bonds. The van der Waals surface area contributed by atoms with Crippen molar-refractivity contribution in [3.63, 3.8) is 0 Å². The molecule has 8 fully saturated rings. The molecule has 0 spiro atoms. The van der Waals surface area contributed by atoms with E-state index in [9.17, 15) is 19.8 Å². The van der Waals surface area contributed by atoms with Gasteiger partial charge < -0.3 is 19.7 Å². The smallest absolute Gasteiger partial charge is 0.312 e. The number of rotatable bonds is 9. The Bertz CT molecular complexity index is 1080. The third-order valence-electron chi connectivity index (χ3n) is 14.0. The van der Waals surface area contributed by atoms with E-state index in [4.69, 9.17) is 9.47 Å². The average Bonchev–Trinajstić information content (AvgIpc) is 2.79. The molecule has 0 heterocycles. The third-order valence-corrected chi connectivity index (χ3v) is 14.0. The van der Waals surface area contributed by atoms with Crippen LogP contribution in [0.25, 0.3) is 0 Å². The van der Waals surface area contributed by atoms with Crippen LogP contribution in [-0.2, 0) is 19.1 Å². The lowest BCUT2D eigenvalue weighted by Crippen LogP contribution is -2.68. The fourth-order valence-corrected chi connectivity index (χ4v) is 12.2. The summed E-state index contributed by atoms with van der Waals surface area (Å²) in [5.74, 6) is 2.06. The van der Waals surface area contributed by atoms with E-state index in [0.29, 0.717) is 32.1 Å². The number of esters is 2. The molecule has 8 aliphatic rings. The molecule has 0 aromatic carbocycles. The van der Waals surface area contributed by atoms with Gasteiger partial charge >= 0.3 is 11.9 Å². The summed E-state index contributed by atoms with van der Waals surface area (Å²) in [5, 5.41) is 22.7. The zero-order chi connectivity index (χ0) is 30.8. The molecule has 0 aromatic rings. The van der Waals surface area contributed by atoms with Crippen LogP contribution in [0.15, 0.2) is 0 Å². The summed E-state index contributed by atoms with van der Waals surface area (Å²) in [6, 6.07) is 0. The van der Waals surface area contributed by atoms with Crippen LogP contribution in [0, 0.1) is 45.3 Å². The standard InChI is InChI=1S/C36H58O6.4CH4/c1-9-32(8,28(38)42-30(4,5)33-13-23-10-24(14-33)12-25(11-23)15-33)19-29(2,3)27(37)41-31(6,7)34-16-26-17-35(39,20-34)22-36(40,18-26)21-34;;;;/h23-26,39-40H,9-22H2,1-8H3;4*1H4. The molecule has 6 heteroatoms. The second-order valence-corrected chi connectivity index (χ2v) is 18.7. The van der Waals surface area contributed by atoms with Crippen molar-refractivity contribution in [1.82, 2.24) is 0 Å². The largest absolute Gasteiger partial charge is 0.459 e. The Labute approximate surface area is 283 Å². The average molecular weight is 651 g/mol. The Morgan fingerprint density at radius 1 is 0.609 bits per heavy atom. The number of carbonyl (C=O) groups is 2. The van der Waals surface area contributed by atoms with Gasteiger partial charge in [0.25, 0.3) is 0 Å². The maximum Gasteiger partial charge on any atom is 0.312 e. The molecule has 46 heavy (non-hydrogen) atoms. The first-order valence-corrected chi connectivity index (χ1v) is 17.1. The van der Waals surface area contributed by atoms with Crippen molar-refractivity contribution in [2.75, 3.05) is 0 Å². The molecule has 6 nitrogen and oxygen atoms in total. The molecule has 8 rings (SSSR count). The lowest BCUT2D eigenvalue weighted by atomic mass is 9.43. The van der Waals surface area contributed by atoms with Crippen LogP contribution in [0.3, 0.4) is 0 Å². The topological polar surface area (TPSA) is 93.1 Å². The predicted molar refractivity (Wildman–Crippen MR) is 188 cm³/mol. The highest BCUT2D eigenvalue weighted by Gasteiger charge is 2.68. The summed E-state index contributed by atoms with van der Waals surface area (Å²) < 4.78 is 12.9.